The second-order valence-electron chi connectivity index (χ2n) is 10.5. The van der Waals surface area contributed by atoms with Gasteiger partial charge in [0.1, 0.15) is 0 Å². The summed E-state index contributed by atoms with van der Waals surface area (Å²) >= 11 is 0. The van der Waals surface area contributed by atoms with Crippen molar-refractivity contribution in [2.75, 3.05) is 32.8 Å². The Morgan fingerprint density at radius 2 is 1.82 bits per heavy atom. The summed E-state index contributed by atoms with van der Waals surface area (Å²) in [4.78, 5) is 7.25. The lowest BCUT2D eigenvalue weighted by molar-refractivity contribution is 0.0384. The zero-order chi connectivity index (χ0) is 23.2. The van der Waals surface area contributed by atoms with E-state index in [1.807, 2.05) is 11.7 Å². The summed E-state index contributed by atoms with van der Waals surface area (Å²) in [5, 5.41) is 9.08. The Kier molecular flexibility index (Phi) is 5.87. The smallest absolute Gasteiger partial charge is 0.279 e. The van der Waals surface area contributed by atoms with Crippen LogP contribution in [0.25, 0.3) is 23.0 Å². The third-order valence-corrected chi connectivity index (χ3v) is 7.34. The van der Waals surface area contributed by atoms with Gasteiger partial charge < -0.3 is 9.26 Å². The molecule has 33 heavy (non-hydrogen) atoms. The fourth-order valence-electron chi connectivity index (χ4n) is 5.31. The lowest BCUT2D eigenvalue weighted by atomic mass is 9.76. The molecule has 0 N–H and O–H groups in total. The molecule has 7 nitrogen and oxygen atoms in total. The van der Waals surface area contributed by atoms with E-state index in [-0.39, 0.29) is 0 Å². The van der Waals surface area contributed by atoms with Crippen LogP contribution in [0.15, 0.2) is 16.7 Å². The van der Waals surface area contributed by atoms with Gasteiger partial charge >= 0.3 is 0 Å². The van der Waals surface area contributed by atoms with Gasteiger partial charge in [-0.25, -0.2) is 0 Å². The molecule has 1 aromatic carbocycles. The monoisotopic (exact) mass is 449 g/mol. The molecule has 0 unspecified atom stereocenters. The van der Waals surface area contributed by atoms with E-state index in [2.05, 4.69) is 49.9 Å². The lowest BCUT2D eigenvalue weighted by Gasteiger charge is -2.29. The largest absolute Gasteiger partial charge is 0.379 e. The van der Waals surface area contributed by atoms with Crippen LogP contribution in [0.5, 0.6) is 0 Å². The van der Waals surface area contributed by atoms with Gasteiger partial charge in [0.05, 0.1) is 13.2 Å². The normalized spacial score (nSPS) is 18.5. The first-order valence-electron chi connectivity index (χ1n) is 12.1. The molecule has 0 amide bonds. The van der Waals surface area contributed by atoms with Crippen molar-refractivity contribution in [2.24, 2.45) is 12.5 Å². The van der Waals surface area contributed by atoms with Gasteiger partial charge in [-0.3, -0.25) is 9.58 Å². The maximum absolute atomic E-state index is 5.72. The lowest BCUT2D eigenvalue weighted by Crippen LogP contribution is -2.37. The Morgan fingerprint density at radius 1 is 1.09 bits per heavy atom. The molecule has 3 aromatic rings. The Labute approximate surface area is 196 Å². The molecule has 2 aromatic heterocycles. The maximum Gasteiger partial charge on any atom is 0.279 e. The van der Waals surface area contributed by atoms with E-state index < -0.39 is 0 Å². The van der Waals surface area contributed by atoms with E-state index in [0.717, 1.165) is 69.8 Å². The van der Waals surface area contributed by atoms with Crippen LogP contribution in [0.3, 0.4) is 0 Å². The molecule has 1 fully saturated rings. The second-order valence-corrected chi connectivity index (χ2v) is 10.5. The van der Waals surface area contributed by atoms with Crippen LogP contribution in [0.1, 0.15) is 48.2 Å². The van der Waals surface area contributed by atoms with Gasteiger partial charge in [0, 0.05) is 43.5 Å². The van der Waals surface area contributed by atoms with Crippen molar-refractivity contribution in [3.63, 3.8) is 0 Å². The van der Waals surface area contributed by atoms with Crippen LogP contribution in [0.4, 0.5) is 0 Å². The molecule has 5 rings (SSSR count). The van der Waals surface area contributed by atoms with Gasteiger partial charge in [0.25, 0.3) is 5.89 Å². The average Bonchev–Trinajstić information content (AvgIpc) is 3.38. The Bertz CT molecular complexity index is 1130. The number of fused-ring (bicyclic) bond motifs is 1. The highest BCUT2D eigenvalue weighted by molar-refractivity contribution is 5.63. The molecular formula is C26H35N5O2. The van der Waals surface area contributed by atoms with E-state index in [0.29, 0.717) is 17.1 Å². The minimum absolute atomic E-state index is 0.302. The summed E-state index contributed by atoms with van der Waals surface area (Å²) in [5.41, 5.74) is 8.67. The third-order valence-electron chi connectivity index (χ3n) is 7.34. The molecule has 3 heterocycles. The van der Waals surface area contributed by atoms with E-state index in [1.54, 1.807) is 0 Å². The molecule has 1 saturated heterocycles. The zero-order valence-electron chi connectivity index (χ0n) is 20.6. The number of nitrogens with zero attached hydrogens (tertiary/aromatic N) is 5. The Morgan fingerprint density at radius 3 is 2.55 bits per heavy atom. The van der Waals surface area contributed by atoms with Gasteiger partial charge in [-0.2, -0.15) is 10.1 Å². The van der Waals surface area contributed by atoms with Crippen LogP contribution in [-0.4, -0.2) is 57.7 Å². The highest BCUT2D eigenvalue weighted by Crippen LogP contribution is 2.38. The highest BCUT2D eigenvalue weighted by atomic mass is 16.5. The SMILES string of the molecule is Cc1cc(-c2noc(-c3nn(C)c4c3CCC(C)(C)C4)n2)cc(C)c1CCN1CCOCC1. The fraction of sp³-hybridized carbons (Fsp3) is 0.577. The molecule has 0 atom stereocenters. The van der Waals surface area contributed by atoms with Crippen molar-refractivity contribution in [3.05, 3.63) is 40.1 Å². The predicted octanol–water partition coefficient (Wildman–Crippen LogP) is 4.14. The van der Waals surface area contributed by atoms with Crippen LogP contribution in [0, 0.1) is 19.3 Å². The van der Waals surface area contributed by atoms with E-state index in [4.69, 9.17) is 19.3 Å². The number of hydrogen-bond donors (Lipinski definition) is 0. The van der Waals surface area contributed by atoms with Crippen LogP contribution in [-0.2, 0) is 31.0 Å². The average molecular weight is 450 g/mol. The summed E-state index contributed by atoms with van der Waals surface area (Å²) in [5.74, 6) is 1.15. The van der Waals surface area contributed by atoms with E-state index in [1.165, 1.54) is 27.9 Å². The first-order chi connectivity index (χ1) is 15.8. The Hall–Kier alpha value is -2.51. The van der Waals surface area contributed by atoms with Crippen molar-refractivity contribution in [2.45, 2.75) is 53.4 Å². The van der Waals surface area contributed by atoms with Crippen LogP contribution in [0.2, 0.25) is 0 Å². The van der Waals surface area contributed by atoms with Crippen molar-refractivity contribution >= 4 is 0 Å². The molecular weight excluding hydrogens is 414 g/mol. The number of aryl methyl sites for hydroxylation is 3. The molecule has 176 valence electrons. The first kappa shape index (κ1) is 22.3. The topological polar surface area (TPSA) is 69.2 Å². The summed E-state index contributed by atoms with van der Waals surface area (Å²) in [7, 11) is 2.02. The zero-order valence-corrected chi connectivity index (χ0v) is 20.6. The second kappa shape index (κ2) is 8.69. The van der Waals surface area contributed by atoms with Gasteiger partial charge in [0.2, 0.25) is 5.82 Å². The summed E-state index contributed by atoms with van der Waals surface area (Å²) < 4.78 is 13.2. The predicted molar refractivity (Wildman–Crippen MR) is 128 cm³/mol. The molecule has 1 aliphatic carbocycles. The van der Waals surface area contributed by atoms with Gasteiger partial charge in [-0.1, -0.05) is 19.0 Å². The van der Waals surface area contributed by atoms with Crippen molar-refractivity contribution < 1.29 is 9.26 Å². The van der Waals surface area contributed by atoms with Crippen LogP contribution < -0.4 is 0 Å². The van der Waals surface area contributed by atoms with Gasteiger partial charge in [-0.15, -0.1) is 0 Å². The maximum atomic E-state index is 5.72. The number of benzene rings is 1. The van der Waals surface area contributed by atoms with Crippen LogP contribution >= 0.6 is 0 Å². The minimum atomic E-state index is 0.302. The van der Waals surface area contributed by atoms with Crippen molar-refractivity contribution in [1.29, 1.82) is 0 Å². The minimum Gasteiger partial charge on any atom is -0.379 e. The molecule has 7 heteroatoms. The Balaban J connectivity index is 1.37. The quantitative estimate of drug-likeness (QED) is 0.583. The number of ether oxygens (including phenoxy) is 1. The van der Waals surface area contributed by atoms with Gasteiger partial charge in [-0.05, 0) is 73.8 Å². The molecule has 0 spiro atoms. The summed E-state index contributed by atoms with van der Waals surface area (Å²) in [6, 6.07) is 4.37. The number of morpholine rings is 1. The summed E-state index contributed by atoms with van der Waals surface area (Å²) in [6.45, 7) is 13.8. The number of aromatic nitrogens is 4. The highest BCUT2D eigenvalue weighted by Gasteiger charge is 2.32. The molecule has 0 bridgehead atoms. The number of rotatable bonds is 5. The fourth-order valence-corrected chi connectivity index (χ4v) is 5.31. The molecule has 1 aliphatic heterocycles. The van der Waals surface area contributed by atoms with E-state index >= 15 is 0 Å². The first-order valence-corrected chi connectivity index (χ1v) is 12.1. The van der Waals surface area contributed by atoms with E-state index in [9.17, 15) is 0 Å². The summed E-state index contributed by atoms with van der Waals surface area (Å²) in [6.07, 6.45) is 4.21. The molecule has 0 radical (unpaired) electrons. The number of hydrogen-bond acceptors (Lipinski definition) is 6. The van der Waals surface area contributed by atoms with Crippen molar-refractivity contribution in [3.8, 4) is 23.0 Å². The van der Waals surface area contributed by atoms with Gasteiger partial charge in [0.15, 0.2) is 5.69 Å². The molecule has 2 aliphatic rings. The third kappa shape index (κ3) is 4.49. The standard InChI is InChI=1S/C26H35N5O2/c1-17-14-19(15-18(2)20(17)7-9-31-10-12-32-13-11-31)24-27-25(33-29-24)23-21-6-8-26(3,4)16-22(21)30(5)28-23/h14-15H,6-13,16H2,1-5H3. The molecule has 0 saturated carbocycles. The van der Waals surface area contributed by atoms with Crippen molar-refractivity contribution in [1.82, 2.24) is 24.8 Å².